The van der Waals surface area contributed by atoms with Gasteiger partial charge in [0.1, 0.15) is 25.0 Å². The van der Waals surface area contributed by atoms with Gasteiger partial charge < -0.3 is 24.4 Å². The zero-order chi connectivity index (χ0) is 24.6. The zero-order valence-electron chi connectivity index (χ0n) is 20.8. The van der Waals surface area contributed by atoms with Crippen molar-refractivity contribution in [1.82, 2.24) is 10.2 Å². The molecule has 2 aromatic carbocycles. The minimum Gasteiger partial charge on any atom is -0.497 e. The summed E-state index contributed by atoms with van der Waals surface area (Å²) in [7, 11) is 1.62. The van der Waals surface area contributed by atoms with E-state index in [4.69, 9.17) is 14.2 Å². The summed E-state index contributed by atoms with van der Waals surface area (Å²) in [5, 5.41) is 3.19. The van der Waals surface area contributed by atoms with E-state index in [0.717, 1.165) is 54.1 Å². The lowest BCUT2D eigenvalue weighted by molar-refractivity contribution is -0.141. The zero-order valence-corrected chi connectivity index (χ0v) is 20.8. The third-order valence-corrected chi connectivity index (χ3v) is 6.81. The Morgan fingerprint density at radius 2 is 1.83 bits per heavy atom. The molecule has 1 unspecified atom stereocenters. The molecular weight excluding hydrogens is 444 g/mol. The van der Waals surface area contributed by atoms with Crippen LogP contribution in [0.4, 0.5) is 0 Å². The maximum Gasteiger partial charge on any atom is 0.243 e. The first-order chi connectivity index (χ1) is 17.1. The lowest BCUT2D eigenvalue weighted by Gasteiger charge is -2.31. The Hall–Kier alpha value is -3.22. The van der Waals surface area contributed by atoms with Crippen molar-refractivity contribution in [3.05, 3.63) is 53.6 Å². The van der Waals surface area contributed by atoms with Gasteiger partial charge in [-0.3, -0.25) is 9.59 Å². The average molecular weight is 481 g/mol. The van der Waals surface area contributed by atoms with Crippen molar-refractivity contribution in [1.29, 1.82) is 0 Å². The molecule has 1 aliphatic heterocycles. The Balaban J connectivity index is 1.49. The van der Waals surface area contributed by atoms with Crippen LogP contribution in [0.15, 0.2) is 42.5 Å². The van der Waals surface area contributed by atoms with Crippen LogP contribution in [0.1, 0.15) is 56.6 Å². The van der Waals surface area contributed by atoms with Gasteiger partial charge in [0.15, 0.2) is 11.5 Å². The predicted octanol–water partition coefficient (Wildman–Crippen LogP) is 4.27. The number of benzene rings is 2. The Morgan fingerprint density at radius 3 is 2.57 bits per heavy atom. The molecule has 0 bridgehead atoms. The fourth-order valence-electron chi connectivity index (χ4n) is 4.89. The van der Waals surface area contributed by atoms with Crippen LogP contribution in [0.3, 0.4) is 0 Å². The molecule has 2 aromatic rings. The highest BCUT2D eigenvalue weighted by Crippen LogP contribution is 2.31. The minimum absolute atomic E-state index is 0.0452. The number of rotatable bonds is 10. The van der Waals surface area contributed by atoms with Crippen molar-refractivity contribution in [2.45, 2.75) is 70.5 Å². The monoisotopic (exact) mass is 480 g/mol. The number of amides is 2. The summed E-state index contributed by atoms with van der Waals surface area (Å²) in [6.07, 6.45) is 5.72. The third-order valence-electron chi connectivity index (χ3n) is 6.81. The van der Waals surface area contributed by atoms with E-state index in [-0.39, 0.29) is 17.9 Å². The summed E-state index contributed by atoms with van der Waals surface area (Å²) in [5.74, 6) is 2.08. The van der Waals surface area contributed by atoms with E-state index < -0.39 is 6.04 Å². The molecule has 0 aromatic heterocycles. The fourth-order valence-corrected chi connectivity index (χ4v) is 4.89. The topological polar surface area (TPSA) is 77.1 Å². The molecule has 1 N–H and O–H groups in total. The molecular formula is C28H36N2O5. The van der Waals surface area contributed by atoms with E-state index in [1.54, 1.807) is 12.0 Å². The van der Waals surface area contributed by atoms with Crippen molar-refractivity contribution in [3.63, 3.8) is 0 Å². The SMILES string of the molecule is CCC(C(=O)NC1CCCC1)N(Cc1cccc(OC)c1)C(=O)CCc1ccc2c(c1)OCCO2. The molecule has 1 fully saturated rings. The third kappa shape index (κ3) is 6.47. The molecule has 188 valence electrons. The Bertz CT molecular complexity index is 1020. The van der Waals surface area contributed by atoms with Crippen LogP contribution < -0.4 is 19.5 Å². The highest BCUT2D eigenvalue weighted by Gasteiger charge is 2.30. The van der Waals surface area contributed by atoms with E-state index >= 15 is 0 Å². The van der Waals surface area contributed by atoms with Gasteiger partial charge in [0.25, 0.3) is 0 Å². The molecule has 2 amide bonds. The fraction of sp³-hybridized carbons (Fsp3) is 0.500. The number of ether oxygens (including phenoxy) is 3. The van der Waals surface area contributed by atoms with Crippen molar-refractivity contribution in [3.8, 4) is 17.2 Å². The van der Waals surface area contributed by atoms with Crippen LogP contribution in [0.5, 0.6) is 17.2 Å². The van der Waals surface area contributed by atoms with E-state index in [2.05, 4.69) is 5.32 Å². The molecule has 4 rings (SSSR count). The first kappa shape index (κ1) is 24.9. The van der Waals surface area contributed by atoms with Gasteiger partial charge in [0.05, 0.1) is 7.11 Å². The molecule has 35 heavy (non-hydrogen) atoms. The normalized spacial score (nSPS) is 15.9. The van der Waals surface area contributed by atoms with Gasteiger partial charge in [-0.1, -0.05) is 38.0 Å². The summed E-state index contributed by atoms with van der Waals surface area (Å²) in [6, 6.07) is 13.2. The Morgan fingerprint density at radius 1 is 1.06 bits per heavy atom. The quantitative estimate of drug-likeness (QED) is 0.550. The first-order valence-corrected chi connectivity index (χ1v) is 12.7. The maximum absolute atomic E-state index is 13.6. The molecule has 0 spiro atoms. The number of hydrogen-bond donors (Lipinski definition) is 1. The molecule has 1 heterocycles. The number of carbonyl (C=O) groups is 2. The van der Waals surface area contributed by atoms with Crippen LogP contribution in [0.25, 0.3) is 0 Å². The van der Waals surface area contributed by atoms with Crippen LogP contribution in [0.2, 0.25) is 0 Å². The van der Waals surface area contributed by atoms with Gasteiger partial charge in [-0.2, -0.15) is 0 Å². The first-order valence-electron chi connectivity index (χ1n) is 12.7. The van der Waals surface area contributed by atoms with Gasteiger partial charge in [0, 0.05) is 19.0 Å². The average Bonchev–Trinajstić information content (AvgIpc) is 3.40. The summed E-state index contributed by atoms with van der Waals surface area (Å²) < 4.78 is 16.6. The smallest absolute Gasteiger partial charge is 0.243 e. The van der Waals surface area contributed by atoms with Crippen LogP contribution >= 0.6 is 0 Å². The van der Waals surface area contributed by atoms with E-state index in [1.165, 1.54) is 0 Å². The number of methoxy groups -OCH3 is 1. The molecule has 2 aliphatic rings. The van der Waals surface area contributed by atoms with Crippen molar-refractivity contribution >= 4 is 11.8 Å². The summed E-state index contributed by atoms with van der Waals surface area (Å²) in [4.78, 5) is 28.6. The second-order valence-electron chi connectivity index (χ2n) is 9.27. The Labute approximate surface area is 207 Å². The number of hydrogen-bond acceptors (Lipinski definition) is 5. The molecule has 1 aliphatic carbocycles. The lowest BCUT2D eigenvalue weighted by atomic mass is 10.0. The molecule has 0 radical (unpaired) electrons. The van der Waals surface area contributed by atoms with Crippen LogP contribution in [-0.2, 0) is 22.6 Å². The van der Waals surface area contributed by atoms with Crippen molar-refractivity contribution < 1.29 is 23.8 Å². The molecule has 1 atom stereocenters. The number of carbonyl (C=O) groups excluding carboxylic acids is 2. The van der Waals surface area contributed by atoms with Crippen molar-refractivity contribution in [2.75, 3.05) is 20.3 Å². The second-order valence-corrected chi connectivity index (χ2v) is 9.27. The largest absolute Gasteiger partial charge is 0.497 e. The van der Waals surface area contributed by atoms with E-state index in [0.29, 0.717) is 39.0 Å². The van der Waals surface area contributed by atoms with Gasteiger partial charge >= 0.3 is 0 Å². The van der Waals surface area contributed by atoms with Crippen LogP contribution in [0, 0.1) is 0 Å². The number of aryl methyl sites for hydroxylation is 1. The molecule has 7 heteroatoms. The minimum atomic E-state index is -0.519. The van der Waals surface area contributed by atoms with Gasteiger partial charge in [-0.15, -0.1) is 0 Å². The standard InChI is InChI=1S/C28H36N2O5/c1-3-24(28(32)29-22-8-4-5-9-22)30(19-21-7-6-10-23(17-21)33-2)27(31)14-12-20-11-13-25-26(18-20)35-16-15-34-25/h6-7,10-11,13,17-18,22,24H,3-5,8-9,12,14-16,19H2,1-2H3,(H,29,32). The van der Waals surface area contributed by atoms with E-state index in [1.807, 2.05) is 49.4 Å². The summed E-state index contributed by atoms with van der Waals surface area (Å²) in [6.45, 7) is 3.39. The second kappa shape index (κ2) is 12.0. The molecule has 7 nitrogen and oxygen atoms in total. The molecule has 1 saturated carbocycles. The van der Waals surface area contributed by atoms with Gasteiger partial charge in [0.2, 0.25) is 11.8 Å². The number of nitrogens with zero attached hydrogens (tertiary/aromatic N) is 1. The maximum atomic E-state index is 13.6. The molecule has 0 saturated heterocycles. The number of fused-ring (bicyclic) bond motifs is 1. The predicted molar refractivity (Wildman–Crippen MR) is 134 cm³/mol. The summed E-state index contributed by atoms with van der Waals surface area (Å²) in [5.41, 5.74) is 1.94. The highest BCUT2D eigenvalue weighted by atomic mass is 16.6. The highest BCUT2D eigenvalue weighted by molar-refractivity contribution is 5.88. The van der Waals surface area contributed by atoms with Crippen LogP contribution in [-0.4, -0.2) is 49.1 Å². The Kier molecular flexibility index (Phi) is 8.50. The van der Waals surface area contributed by atoms with E-state index in [9.17, 15) is 9.59 Å². The summed E-state index contributed by atoms with van der Waals surface area (Å²) >= 11 is 0. The van der Waals surface area contributed by atoms with Crippen molar-refractivity contribution in [2.24, 2.45) is 0 Å². The number of nitrogens with one attached hydrogen (secondary N) is 1. The van der Waals surface area contributed by atoms with Gasteiger partial charge in [-0.25, -0.2) is 0 Å². The van der Waals surface area contributed by atoms with Gasteiger partial charge in [-0.05, 0) is 61.1 Å². The lowest BCUT2D eigenvalue weighted by Crippen LogP contribution is -2.51.